The number of aromatic nitrogens is 2. The van der Waals surface area contributed by atoms with Gasteiger partial charge < -0.3 is 19.4 Å². The van der Waals surface area contributed by atoms with Gasteiger partial charge in [0, 0.05) is 11.5 Å². The topological polar surface area (TPSA) is 50.0 Å². The molecule has 0 fully saturated rings. The fraction of sp³-hybridized carbons (Fsp3) is 0.0909. The van der Waals surface area contributed by atoms with E-state index in [0.29, 0.717) is 15.3 Å². The zero-order chi connectivity index (χ0) is 19.3. The average Bonchev–Trinajstić information content (AvgIpc) is 2.72. The highest BCUT2D eigenvalue weighted by atomic mass is 32.1. The van der Waals surface area contributed by atoms with Gasteiger partial charge in [-0.15, -0.1) is 0 Å². The summed E-state index contributed by atoms with van der Waals surface area (Å²) in [7, 11) is 1.66. The standard InChI is InChI=1S/C22H16N2O2S2/c1-25-14-9-6-13(7-10-14)17-18-15-5-3-2-4-12(15)8-11-16(18)26-20-19(17)21(27)24-22(28)23-20/h2-11,17H,1H3,(H2,23,24,27,28). The summed E-state index contributed by atoms with van der Waals surface area (Å²) in [5.74, 6) is 2.12. The van der Waals surface area contributed by atoms with E-state index >= 15 is 0 Å². The third kappa shape index (κ3) is 2.65. The van der Waals surface area contributed by atoms with Crippen LogP contribution >= 0.6 is 24.4 Å². The molecule has 1 atom stereocenters. The van der Waals surface area contributed by atoms with E-state index in [1.165, 1.54) is 0 Å². The van der Waals surface area contributed by atoms with Gasteiger partial charge in [0.05, 0.1) is 12.7 Å². The van der Waals surface area contributed by atoms with Crippen LogP contribution in [-0.2, 0) is 0 Å². The number of hydrogen-bond acceptors (Lipinski definition) is 4. The van der Waals surface area contributed by atoms with Crippen LogP contribution in [0.1, 0.15) is 22.6 Å². The summed E-state index contributed by atoms with van der Waals surface area (Å²) < 4.78 is 12.6. The summed E-state index contributed by atoms with van der Waals surface area (Å²) in [4.78, 5) is 6.19. The number of nitrogens with one attached hydrogen (secondary N) is 2. The second-order valence-electron chi connectivity index (χ2n) is 6.66. The summed E-state index contributed by atoms with van der Waals surface area (Å²) in [6.45, 7) is 0. The largest absolute Gasteiger partial charge is 0.497 e. The molecule has 138 valence electrons. The highest BCUT2D eigenvalue weighted by Crippen LogP contribution is 2.49. The SMILES string of the molecule is COc1ccc(C2c3c([nH]c(=S)[nH]c3=S)Oc3ccc4ccccc4c32)cc1. The Bertz CT molecular complexity index is 1320. The van der Waals surface area contributed by atoms with E-state index in [-0.39, 0.29) is 5.92 Å². The number of ether oxygens (including phenoxy) is 2. The molecule has 4 aromatic rings. The van der Waals surface area contributed by atoms with Crippen LogP contribution in [0.15, 0.2) is 60.7 Å². The van der Waals surface area contributed by atoms with E-state index in [1.54, 1.807) is 7.11 Å². The van der Waals surface area contributed by atoms with Crippen LogP contribution in [0.2, 0.25) is 0 Å². The van der Waals surface area contributed by atoms with Gasteiger partial charge in [0.1, 0.15) is 16.1 Å². The van der Waals surface area contributed by atoms with E-state index in [0.717, 1.165) is 39.0 Å². The predicted octanol–water partition coefficient (Wildman–Crippen LogP) is 6.25. The van der Waals surface area contributed by atoms with E-state index in [9.17, 15) is 0 Å². The summed E-state index contributed by atoms with van der Waals surface area (Å²) in [5.41, 5.74) is 3.09. The summed E-state index contributed by atoms with van der Waals surface area (Å²) in [6, 6.07) is 20.5. The van der Waals surface area contributed by atoms with Crippen LogP contribution < -0.4 is 9.47 Å². The number of rotatable bonds is 2. The Hall–Kier alpha value is -2.96. The molecule has 1 aromatic heterocycles. The first-order valence-electron chi connectivity index (χ1n) is 8.85. The quantitative estimate of drug-likeness (QED) is 0.342. The van der Waals surface area contributed by atoms with Crippen LogP contribution in [0.3, 0.4) is 0 Å². The summed E-state index contributed by atoms with van der Waals surface area (Å²) >= 11 is 10.9. The minimum absolute atomic E-state index is 0.0913. The normalized spacial score (nSPS) is 14.8. The molecular formula is C22H16N2O2S2. The molecule has 4 nitrogen and oxygen atoms in total. The molecule has 0 amide bonds. The van der Waals surface area contributed by atoms with Crippen molar-refractivity contribution in [1.29, 1.82) is 0 Å². The molecule has 0 aliphatic carbocycles. The molecule has 5 rings (SSSR count). The van der Waals surface area contributed by atoms with Crippen molar-refractivity contribution in [3.63, 3.8) is 0 Å². The fourth-order valence-electron chi connectivity index (χ4n) is 3.86. The predicted molar refractivity (Wildman–Crippen MR) is 115 cm³/mol. The maximum atomic E-state index is 6.21. The van der Waals surface area contributed by atoms with E-state index < -0.39 is 0 Å². The molecule has 0 spiro atoms. The van der Waals surface area contributed by atoms with Gasteiger partial charge in [-0.1, -0.05) is 54.7 Å². The Balaban J connectivity index is 1.86. The highest BCUT2D eigenvalue weighted by Gasteiger charge is 2.32. The third-order valence-corrected chi connectivity index (χ3v) is 5.64. The van der Waals surface area contributed by atoms with E-state index in [2.05, 4.69) is 40.3 Å². The summed E-state index contributed by atoms with van der Waals surface area (Å²) in [6.07, 6.45) is 0. The average molecular weight is 405 g/mol. The second-order valence-corrected chi connectivity index (χ2v) is 7.47. The van der Waals surface area contributed by atoms with Crippen molar-refractivity contribution in [2.24, 2.45) is 0 Å². The zero-order valence-corrected chi connectivity index (χ0v) is 16.6. The number of hydrogen-bond donors (Lipinski definition) is 2. The van der Waals surface area contributed by atoms with Gasteiger partial charge in [-0.25, -0.2) is 0 Å². The lowest BCUT2D eigenvalue weighted by Gasteiger charge is -2.29. The number of H-pyrrole nitrogens is 2. The van der Waals surface area contributed by atoms with Gasteiger partial charge in [-0.3, -0.25) is 0 Å². The van der Waals surface area contributed by atoms with Crippen molar-refractivity contribution in [3.8, 4) is 17.4 Å². The highest BCUT2D eigenvalue weighted by molar-refractivity contribution is 7.72. The number of fused-ring (bicyclic) bond motifs is 4. The molecule has 0 radical (unpaired) electrons. The minimum Gasteiger partial charge on any atom is -0.497 e. The van der Waals surface area contributed by atoms with Crippen molar-refractivity contribution in [2.45, 2.75) is 5.92 Å². The van der Waals surface area contributed by atoms with Crippen LogP contribution in [0.4, 0.5) is 0 Å². The smallest absolute Gasteiger partial charge is 0.206 e. The lowest BCUT2D eigenvalue weighted by atomic mass is 9.82. The molecule has 0 saturated heterocycles. The Morgan fingerprint density at radius 1 is 0.893 bits per heavy atom. The van der Waals surface area contributed by atoms with Gasteiger partial charge in [-0.2, -0.15) is 0 Å². The Kier molecular flexibility index (Phi) is 4.03. The molecule has 1 unspecified atom stereocenters. The maximum Gasteiger partial charge on any atom is 0.206 e. The van der Waals surface area contributed by atoms with Crippen molar-refractivity contribution >= 4 is 35.2 Å². The fourth-order valence-corrected chi connectivity index (χ4v) is 4.44. The molecule has 28 heavy (non-hydrogen) atoms. The minimum atomic E-state index is -0.0913. The van der Waals surface area contributed by atoms with Gasteiger partial charge in [0.2, 0.25) is 5.88 Å². The molecular weight excluding hydrogens is 388 g/mol. The van der Waals surface area contributed by atoms with Gasteiger partial charge in [0.15, 0.2) is 4.77 Å². The monoisotopic (exact) mass is 404 g/mol. The lowest BCUT2D eigenvalue weighted by molar-refractivity contribution is 0.414. The van der Waals surface area contributed by atoms with E-state index in [4.69, 9.17) is 33.9 Å². The summed E-state index contributed by atoms with van der Waals surface area (Å²) in [5, 5.41) is 2.30. The van der Waals surface area contributed by atoms with Crippen molar-refractivity contribution in [3.05, 3.63) is 86.8 Å². The zero-order valence-electron chi connectivity index (χ0n) is 15.0. The van der Waals surface area contributed by atoms with Crippen LogP contribution in [0, 0.1) is 9.41 Å². The molecule has 2 heterocycles. The number of methoxy groups -OCH3 is 1. The van der Waals surface area contributed by atoms with Crippen LogP contribution in [0.5, 0.6) is 17.4 Å². The molecule has 3 aromatic carbocycles. The first-order chi connectivity index (χ1) is 13.7. The first kappa shape index (κ1) is 17.2. The van der Waals surface area contributed by atoms with Gasteiger partial charge in [-0.05, 0) is 46.8 Å². The molecule has 0 saturated carbocycles. The van der Waals surface area contributed by atoms with Gasteiger partial charge >= 0.3 is 0 Å². The molecule has 1 aliphatic rings. The van der Waals surface area contributed by atoms with Crippen molar-refractivity contribution in [2.75, 3.05) is 7.11 Å². The second kappa shape index (κ2) is 6.58. The molecule has 0 bridgehead atoms. The van der Waals surface area contributed by atoms with Crippen LogP contribution in [0.25, 0.3) is 10.8 Å². The molecule has 1 aliphatic heterocycles. The van der Waals surface area contributed by atoms with Crippen molar-refractivity contribution < 1.29 is 9.47 Å². The molecule has 6 heteroatoms. The Morgan fingerprint density at radius 2 is 1.68 bits per heavy atom. The Labute approximate surface area is 171 Å². The Morgan fingerprint density at radius 3 is 2.46 bits per heavy atom. The molecule has 2 N–H and O–H groups in total. The van der Waals surface area contributed by atoms with E-state index in [1.807, 2.05) is 30.3 Å². The van der Waals surface area contributed by atoms with Crippen molar-refractivity contribution in [1.82, 2.24) is 9.97 Å². The van der Waals surface area contributed by atoms with Crippen LogP contribution in [-0.4, -0.2) is 17.1 Å². The maximum absolute atomic E-state index is 6.21. The number of benzene rings is 3. The lowest BCUT2D eigenvalue weighted by Crippen LogP contribution is -2.15. The van der Waals surface area contributed by atoms with Gasteiger partial charge in [0.25, 0.3) is 0 Å². The first-order valence-corrected chi connectivity index (χ1v) is 9.67. The third-order valence-electron chi connectivity index (χ3n) is 5.11. The number of aromatic amines is 2.